The Hall–Kier alpha value is -2.37. The first-order valence-electron chi connectivity index (χ1n) is 8.20. The molecule has 0 aliphatic carbocycles. The van der Waals surface area contributed by atoms with Crippen LogP contribution in [0.1, 0.15) is 47.1 Å². The van der Waals surface area contributed by atoms with E-state index in [-0.39, 0.29) is 29.6 Å². The van der Waals surface area contributed by atoms with E-state index in [9.17, 15) is 14.4 Å². The average molecular weight is 331 g/mol. The van der Waals surface area contributed by atoms with Crippen LogP contribution in [0, 0.1) is 0 Å². The maximum Gasteiger partial charge on any atom is 0.332 e. The molecule has 6 heteroatoms. The second kappa shape index (κ2) is 6.63. The number of para-hydroxylation sites is 1. The first kappa shape index (κ1) is 18.0. The first-order chi connectivity index (χ1) is 11.2. The van der Waals surface area contributed by atoms with Gasteiger partial charge < -0.3 is 5.32 Å². The van der Waals surface area contributed by atoms with Crippen molar-refractivity contribution in [2.24, 2.45) is 0 Å². The molecule has 6 nitrogen and oxygen atoms in total. The third kappa shape index (κ3) is 3.58. The molecule has 0 bridgehead atoms. The molecule has 0 aliphatic heterocycles. The van der Waals surface area contributed by atoms with E-state index in [0.717, 1.165) is 0 Å². The number of rotatable bonds is 4. The molecule has 0 unspecified atom stereocenters. The van der Waals surface area contributed by atoms with Gasteiger partial charge in [0.15, 0.2) is 0 Å². The van der Waals surface area contributed by atoms with E-state index in [0.29, 0.717) is 17.3 Å². The van der Waals surface area contributed by atoms with E-state index in [1.54, 1.807) is 24.3 Å². The van der Waals surface area contributed by atoms with Crippen LogP contribution in [0.3, 0.4) is 0 Å². The summed E-state index contributed by atoms with van der Waals surface area (Å²) < 4.78 is 2.62. The van der Waals surface area contributed by atoms with E-state index >= 15 is 0 Å². The van der Waals surface area contributed by atoms with Crippen molar-refractivity contribution in [1.82, 2.24) is 14.5 Å². The maximum absolute atomic E-state index is 12.9. The van der Waals surface area contributed by atoms with Crippen LogP contribution in [0.5, 0.6) is 0 Å². The predicted molar refractivity (Wildman–Crippen MR) is 95.4 cm³/mol. The van der Waals surface area contributed by atoms with Crippen LogP contribution in [0.25, 0.3) is 10.9 Å². The fourth-order valence-electron chi connectivity index (χ4n) is 2.67. The molecule has 1 amide bonds. The molecular weight excluding hydrogens is 306 g/mol. The Labute approximate surface area is 141 Å². The zero-order valence-corrected chi connectivity index (χ0v) is 14.9. The molecule has 0 saturated heterocycles. The van der Waals surface area contributed by atoms with Gasteiger partial charge in [0.1, 0.15) is 6.54 Å². The van der Waals surface area contributed by atoms with Gasteiger partial charge in [0.05, 0.1) is 10.9 Å². The minimum absolute atomic E-state index is 0.118. The molecule has 2 rings (SSSR count). The Balaban J connectivity index is 2.66. The highest BCUT2D eigenvalue weighted by atomic mass is 16.2. The molecule has 0 saturated carbocycles. The summed E-state index contributed by atoms with van der Waals surface area (Å²) in [4.78, 5) is 37.8. The normalized spacial score (nSPS) is 13.0. The Morgan fingerprint density at radius 1 is 1.21 bits per heavy atom. The highest BCUT2D eigenvalue weighted by Crippen LogP contribution is 2.11. The lowest BCUT2D eigenvalue weighted by molar-refractivity contribution is -0.123. The highest BCUT2D eigenvalue weighted by molar-refractivity contribution is 5.81. The van der Waals surface area contributed by atoms with Gasteiger partial charge in [0.2, 0.25) is 5.91 Å². The molecule has 0 spiro atoms. The number of hydrogen-bond acceptors (Lipinski definition) is 3. The van der Waals surface area contributed by atoms with Gasteiger partial charge in [-0.1, -0.05) is 19.1 Å². The number of nitrogens with one attached hydrogen (secondary N) is 1. The van der Waals surface area contributed by atoms with Crippen molar-refractivity contribution in [3.63, 3.8) is 0 Å². The summed E-state index contributed by atoms with van der Waals surface area (Å²) in [5, 5.41) is 3.30. The van der Waals surface area contributed by atoms with Gasteiger partial charge >= 0.3 is 5.69 Å². The maximum atomic E-state index is 12.9. The van der Waals surface area contributed by atoms with Crippen molar-refractivity contribution in [3.05, 3.63) is 45.1 Å². The van der Waals surface area contributed by atoms with Gasteiger partial charge in [-0.2, -0.15) is 0 Å². The van der Waals surface area contributed by atoms with Gasteiger partial charge in [-0.05, 0) is 46.2 Å². The lowest BCUT2D eigenvalue weighted by Gasteiger charge is -2.22. The number of carbonyl (C=O) groups excluding carboxylic acids is 1. The van der Waals surface area contributed by atoms with Crippen LogP contribution in [0.4, 0.5) is 0 Å². The predicted octanol–water partition coefficient (Wildman–Crippen LogP) is 2.05. The van der Waals surface area contributed by atoms with E-state index in [2.05, 4.69) is 5.32 Å². The quantitative estimate of drug-likeness (QED) is 0.932. The van der Waals surface area contributed by atoms with E-state index in [4.69, 9.17) is 0 Å². The standard InChI is InChI=1S/C18H25N3O3/c1-6-12(2)21-16(23)13-9-7-8-10-14(13)20(17(21)24)11-15(22)19-18(3,4)5/h7-10,12H,6,11H2,1-5H3,(H,19,22)/t12-/m1/s1. The summed E-state index contributed by atoms with van der Waals surface area (Å²) in [5.74, 6) is -0.260. The molecule has 0 aliphatic rings. The highest BCUT2D eigenvalue weighted by Gasteiger charge is 2.19. The molecule has 1 aromatic carbocycles. The minimum atomic E-state index is -0.447. The van der Waals surface area contributed by atoms with Crippen molar-refractivity contribution in [3.8, 4) is 0 Å². The van der Waals surface area contributed by atoms with Gasteiger partial charge in [0.25, 0.3) is 5.56 Å². The summed E-state index contributed by atoms with van der Waals surface area (Å²) >= 11 is 0. The minimum Gasteiger partial charge on any atom is -0.350 e. The average Bonchev–Trinajstić information content (AvgIpc) is 2.49. The third-order valence-electron chi connectivity index (χ3n) is 3.93. The van der Waals surface area contributed by atoms with Crippen LogP contribution in [0.15, 0.2) is 33.9 Å². The fraction of sp³-hybridized carbons (Fsp3) is 0.500. The van der Waals surface area contributed by atoms with Crippen LogP contribution in [0.2, 0.25) is 0 Å². The lowest BCUT2D eigenvalue weighted by atomic mass is 10.1. The SMILES string of the molecule is CC[C@@H](C)n1c(=O)c2ccccc2n(CC(=O)NC(C)(C)C)c1=O. The van der Waals surface area contributed by atoms with Gasteiger partial charge in [-0.25, -0.2) is 4.79 Å². The smallest absolute Gasteiger partial charge is 0.332 e. The van der Waals surface area contributed by atoms with Crippen LogP contribution in [-0.2, 0) is 11.3 Å². The Morgan fingerprint density at radius 2 is 1.83 bits per heavy atom. The largest absolute Gasteiger partial charge is 0.350 e. The molecule has 0 fully saturated rings. The fourth-order valence-corrected chi connectivity index (χ4v) is 2.67. The molecule has 2 aromatic rings. The number of benzene rings is 1. The summed E-state index contributed by atoms with van der Waals surface area (Å²) in [6, 6.07) is 6.67. The Bertz CT molecular complexity index is 872. The summed E-state index contributed by atoms with van der Waals surface area (Å²) in [7, 11) is 0. The molecule has 24 heavy (non-hydrogen) atoms. The zero-order valence-electron chi connectivity index (χ0n) is 14.9. The van der Waals surface area contributed by atoms with Crippen LogP contribution in [-0.4, -0.2) is 20.6 Å². The zero-order chi connectivity index (χ0) is 18.1. The van der Waals surface area contributed by atoms with Gasteiger partial charge in [-0.3, -0.25) is 18.7 Å². The molecule has 0 radical (unpaired) electrons. The van der Waals surface area contributed by atoms with Crippen molar-refractivity contribution < 1.29 is 4.79 Å². The van der Waals surface area contributed by atoms with Crippen molar-refractivity contribution in [2.45, 2.75) is 59.2 Å². The molecule has 1 heterocycles. The van der Waals surface area contributed by atoms with E-state index in [1.165, 1.54) is 9.13 Å². The molecule has 1 aromatic heterocycles. The number of fused-ring (bicyclic) bond motifs is 1. The second-order valence-electron chi connectivity index (χ2n) is 7.12. The van der Waals surface area contributed by atoms with Crippen molar-refractivity contribution in [1.29, 1.82) is 0 Å². The van der Waals surface area contributed by atoms with E-state index < -0.39 is 5.69 Å². The molecule has 130 valence electrons. The van der Waals surface area contributed by atoms with Crippen molar-refractivity contribution >= 4 is 16.8 Å². The number of aromatic nitrogens is 2. The number of carbonyl (C=O) groups is 1. The number of hydrogen-bond donors (Lipinski definition) is 1. The topological polar surface area (TPSA) is 73.1 Å². The Morgan fingerprint density at radius 3 is 2.42 bits per heavy atom. The lowest BCUT2D eigenvalue weighted by Crippen LogP contribution is -2.46. The summed E-state index contributed by atoms with van der Waals surface area (Å²) in [6.07, 6.45) is 0.654. The first-order valence-corrected chi connectivity index (χ1v) is 8.20. The van der Waals surface area contributed by atoms with Gasteiger partial charge in [0, 0.05) is 11.6 Å². The number of amides is 1. The van der Waals surface area contributed by atoms with Crippen LogP contribution < -0.4 is 16.6 Å². The van der Waals surface area contributed by atoms with Crippen molar-refractivity contribution in [2.75, 3.05) is 0 Å². The monoisotopic (exact) mass is 331 g/mol. The third-order valence-corrected chi connectivity index (χ3v) is 3.93. The molecule has 1 atom stereocenters. The Kier molecular flexibility index (Phi) is 4.96. The molecule has 1 N–H and O–H groups in total. The van der Waals surface area contributed by atoms with Crippen LogP contribution >= 0.6 is 0 Å². The van der Waals surface area contributed by atoms with Gasteiger partial charge in [-0.15, -0.1) is 0 Å². The number of nitrogens with zero attached hydrogens (tertiary/aromatic N) is 2. The summed E-state index contributed by atoms with van der Waals surface area (Å²) in [6.45, 7) is 9.27. The molecular formula is C18H25N3O3. The second-order valence-corrected chi connectivity index (χ2v) is 7.12. The summed E-state index contributed by atoms with van der Waals surface area (Å²) in [5.41, 5.74) is -0.660. The van der Waals surface area contributed by atoms with E-state index in [1.807, 2.05) is 34.6 Å².